The average molecular weight is 675 g/mol. The molecule has 0 saturated heterocycles. The molecule has 0 aliphatic heterocycles. The highest BCUT2D eigenvalue weighted by atomic mass is 14.4. The summed E-state index contributed by atoms with van der Waals surface area (Å²) in [5, 5.41) is 10.1. The topological polar surface area (TPSA) is 0 Å². The van der Waals surface area contributed by atoms with E-state index in [1.54, 1.807) is 0 Å². The lowest BCUT2D eigenvalue weighted by atomic mass is 9.79. The fourth-order valence-electron chi connectivity index (χ4n) is 9.22. The lowest BCUT2D eigenvalue weighted by molar-refractivity contribution is 0.661. The van der Waals surface area contributed by atoms with Crippen LogP contribution in [-0.4, -0.2) is 0 Å². The highest BCUT2D eigenvalue weighted by Crippen LogP contribution is 2.52. The summed E-state index contributed by atoms with van der Waals surface area (Å²) in [5.41, 5.74) is 14.7. The minimum atomic E-state index is -0.190. The van der Waals surface area contributed by atoms with Crippen LogP contribution >= 0.6 is 0 Å². The summed E-state index contributed by atoms with van der Waals surface area (Å²) < 4.78 is 0. The van der Waals surface area contributed by atoms with Gasteiger partial charge in [0.2, 0.25) is 0 Å². The van der Waals surface area contributed by atoms with E-state index in [-0.39, 0.29) is 5.41 Å². The Morgan fingerprint density at radius 2 is 0.887 bits per heavy atom. The molecule has 9 aromatic rings. The quantitative estimate of drug-likeness (QED) is 0.159. The van der Waals surface area contributed by atoms with E-state index in [1.165, 1.54) is 98.7 Å². The summed E-state index contributed by atoms with van der Waals surface area (Å²) in [6, 6.07) is 58.3. The zero-order valence-corrected chi connectivity index (χ0v) is 30.1. The van der Waals surface area contributed by atoms with E-state index in [1.807, 2.05) is 12.2 Å². The van der Waals surface area contributed by atoms with Crippen LogP contribution in [0.4, 0.5) is 0 Å². The van der Waals surface area contributed by atoms with Crippen molar-refractivity contribution in [3.8, 4) is 44.5 Å². The van der Waals surface area contributed by atoms with Crippen molar-refractivity contribution < 1.29 is 0 Å². The third-order valence-corrected chi connectivity index (χ3v) is 11.8. The van der Waals surface area contributed by atoms with E-state index in [9.17, 15) is 0 Å². The fourth-order valence-corrected chi connectivity index (χ4v) is 9.22. The highest BCUT2D eigenvalue weighted by Gasteiger charge is 2.36. The molecule has 0 heteroatoms. The van der Waals surface area contributed by atoms with Crippen LogP contribution in [0.15, 0.2) is 171 Å². The second kappa shape index (κ2) is 11.8. The molecule has 9 aromatic carbocycles. The molecule has 0 radical (unpaired) electrons. The molecule has 0 aromatic heterocycles. The van der Waals surface area contributed by atoms with Gasteiger partial charge in [-0.15, -0.1) is 0 Å². The zero-order chi connectivity index (χ0) is 35.8. The Hall–Kier alpha value is -6.50. The van der Waals surface area contributed by atoms with Gasteiger partial charge < -0.3 is 0 Å². The molecular weight excluding hydrogens is 637 g/mol. The molecule has 53 heavy (non-hydrogen) atoms. The maximum absolute atomic E-state index is 4.38. The monoisotopic (exact) mass is 674 g/mol. The van der Waals surface area contributed by atoms with Crippen molar-refractivity contribution in [3.05, 3.63) is 193 Å². The summed E-state index contributed by atoms with van der Waals surface area (Å²) in [6.07, 6.45) is 4.04. The molecule has 0 heterocycles. The third kappa shape index (κ3) is 4.62. The van der Waals surface area contributed by atoms with Gasteiger partial charge in [0.25, 0.3) is 0 Å². The summed E-state index contributed by atoms with van der Waals surface area (Å²) in [6.45, 7) is 13.5. The van der Waals surface area contributed by atoms with Gasteiger partial charge in [0, 0.05) is 5.41 Å². The van der Waals surface area contributed by atoms with E-state index < -0.39 is 0 Å². The summed E-state index contributed by atoms with van der Waals surface area (Å²) in [4.78, 5) is 0. The number of hydrogen-bond donors (Lipinski definition) is 0. The third-order valence-electron chi connectivity index (χ3n) is 11.8. The first-order valence-corrected chi connectivity index (χ1v) is 18.5. The molecule has 0 fully saturated rings. The smallest absolute Gasteiger partial charge is 0.0159 e. The van der Waals surface area contributed by atoms with Gasteiger partial charge in [0.15, 0.2) is 0 Å². The molecule has 250 valence electrons. The highest BCUT2D eigenvalue weighted by molar-refractivity contribution is 6.14. The Kier molecular flexibility index (Phi) is 6.94. The van der Waals surface area contributed by atoms with Crippen LogP contribution in [0, 0.1) is 0 Å². The molecular formula is C53H38. The molecule has 0 nitrogen and oxygen atoms in total. The predicted molar refractivity (Wildman–Crippen MR) is 231 cm³/mol. The molecule has 0 N–H and O–H groups in total. The standard InChI is InChI=1S/C53H38/c1-5-39-40(6-2)52(48-19-12-11-18-47(48)51(39)37-23-22-33-14-7-8-16-35(33)30-37)38-26-29-46-45-28-25-36(31-49(45)53(3,4)50(46)32-38)42-20-13-21-43-41-17-10-9-15-34(41)24-27-44(42)43/h5-32H,1-2H2,3-4H3. The molecule has 10 rings (SSSR count). The minimum Gasteiger partial charge on any atom is -0.0984 e. The minimum absolute atomic E-state index is 0.190. The van der Waals surface area contributed by atoms with Gasteiger partial charge in [-0.3, -0.25) is 0 Å². The number of hydrogen-bond acceptors (Lipinski definition) is 0. The first kappa shape index (κ1) is 31.3. The van der Waals surface area contributed by atoms with Crippen molar-refractivity contribution in [2.45, 2.75) is 19.3 Å². The molecule has 0 unspecified atom stereocenters. The second-order valence-electron chi connectivity index (χ2n) is 14.9. The largest absolute Gasteiger partial charge is 0.0984 e. The van der Waals surface area contributed by atoms with Crippen LogP contribution in [0.1, 0.15) is 36.1 Å². The Balaban J connectivity index is 1.13. The van der Waals surface area contributed by atoms with E-state index in [0.29, 0.717) is 0 Å². The SMILES string of the molecule is C=Cc1c(C=C)c(-c2ccc3ccccc3c2)c2ccccc2c1-c1ccc2c(c1)C(C)(C)c1cc(-c3cccc4c3ccc3ccccc34)ccc1-2. The normalized spacial score (nSPS) is 13.0. The van der Waals surface area contributed by atoms with Gasteiger partial charge in [0.05, 0.1) is 0 Å². The molecule has 0 bridgehead atoms. The molecule has 1 aliphatic carbocycles. The number of fused-ring (bicyclic) bond motifs is 8. The molecule has 0 amide bonds. The van der Waals surface area contributed by atoms with Crippen LogP contribution < -0.4 is 0 Å². The first-order chi connectivity index (χ1) is 26.0. The van der Waals surface area contributed by atoms with Crippen molar-refractivity contribution >= 4 is 55.2 Å². The van der Waals surface area contributed by atoms with Crippen LogP contribution in [0.25, 0.3) is 99.7 Å². The number of benzene rings is 9. The Bertz CT molecular complexity index is 3010. The molecule has 1 aliphatic rings. The lowest BCUT2D eigenvalue weighted by Gasteiger charge is -2.24. The van der Waals surface area contributed by atoms with Crippen LogP contribution in [0.3, 0.4) is 0 Å². The maximum atomic E-state index is 4.38. The zero-order valence-electron chi connectivity index (χ0n) is 30.1. The summed E-state index contributed by atoms with van der Waals surface area (Å²) >= 11 is 0. The maximum Gasteiger partial charge on any atom is 0.0159 e. The Morgan fingerprint density at radius 3 is 1.57 bits per heavy atom. The van der Waals surface area contributed by atoms with Gasteiger partial charge in [-0.05, 0) is 128 Å². The summed E-state index contributed by atoms with van der Waals surface area (Å²) in [7, 11) is 0. The van der Waals surface area contributed by atoms with Gasteiger partial charge in [0.1, 0.15) is 0 Å². The van der Waals surface area contributed by atoms with E-state index in [4.69, 9.17) is 0 Å². The Labute approximate surface area is 311 Å². The molecule has 0 atom stereocenters. The average Bonchev–Trinajstić information content (AvgIpc) is 3.43. The summed E-state index contributed by atoms with van der Waals surface area (Å²) in [5.74, 6) is 0. The van der Waals surface area contributed by atoms with Crippen molar-refractivity contribution in [2.24, 2.45) is 0 Å². The van der Waals surface area contributed by atoms with E-state index in [2.05, 4.69) is 185 Å². The van der Waals surface area contributed by atoms with E-state index >= 15 is 0 Å². The van der Waals surface area contributed by atoms with Gasteiger partial charge in [-0.1, -0.05) is 179 Å². The van der Waals surface area contributed by atoms with Crippen LogP contribution in [-0.2, 0) is 5.41 Å². The second-order valence-corrected chi connectivity index (χ2v) is 14.9. The predicted octanol–water partition coefficient (Wildman–Crippen LogP) is 14.9. The van der Waals surface area contributed by atoms with Gasteiger partial charge >= 0.3 is 0 Å². The van der Waals surface area contributed by atoms with Crippen molar-refractivity contribution in [3.63, 3.8) is 0 Å². The van der Waals surface area contributed by atoms with Crippen molar-refractivity contribution in [1.82, 2.24) is 0 Å². The van der Waals surface area contributed by atoms with Crippen molar-refractivity contribution in [1.29, 1.82) is 0 Å². The van der Waals surface area contributed by atoms with Gasteiger partial charge in [-0.2, -0.15) is 0 Å². The van der Waals surface area contributed by atoms with Crippen molar-refractivity contribution in [2.75, 3.05) is 0 Å². The fraction of sp³-hybridized carbons (Fsp3) is 0.0566. The Morgan fingerprint density at radius 1 is 0.377 bits per heavy atom. The lowest BCUT2D eigenvalue weighted by Crippen LogP contribution is -2.15. The molecule has 0 saturated carbocycles. The first-order valence-electron chi connectivity index (χ1n) is 18.5. The number of rotatable bonds is 5. The van der Waals surface area contributed by atoms with Gasteiger partial charge in [-0.25, -0.2) is 0 Å². The van der Waals surface area contributed by atoms with Crippen LogP contribution in [0.2, 0.25) is 0 Å². The molecule has 0 spiro atoms. The van der Waals surface area contributed by atoms with Crippen LogP contribution in [0.5, 0.6) is 0 Å². The van der Waals surface area contributed by atoms with E-state index in [0.717, 1.165) is 11.1 Å².